The van der Waals surface area contributed by atoms with Crippen LogP contribution in [0.3, 0.4) is 0 Å². The summed E-state index contributed by atoms with van der Waals surface area (Å²) in [5, 5.41) is 0. The van der Waals surface area contributed by atoms with E-state index >= 15 is 0 Å². The van der Waals surface area contributed by atoms with Gasteiger partial charge in [0.2, 0.25) is 0 Å². The molecule has 1 aromatic rings. The molecule has 170 valence electrons. The lowest BCUT2D eigenvalue weighted by Crippen LogP contribution is -2.59. The first-order valence-electron chi connectivity index (χ1n) is 9.68. The average Bonchev–Trinajstić information content (AvgIpc) is 2.61. The number of ether oxygens (including phenoxy) is 2. The fourth-order valence-electron chi connectivity index (χ4n) is 2.98. The highest BCUT2D eigenvalue weighted by Gasteiger charge is 2.51. The van der Waals surface area contributed by atoms with Gasteiger partial charge >= 0.3 is 6.09 Å². The molecular weight excluding hydrogens is 420 g/mol. The average molecular weight is 450 g/mol. The van der Waals surface area contributed by atoms with E-state index in [4.69, 9.17) is 13.7 Å². The van der Waals surface area contributed by atoms with Crippen molar-refractivity contribution in [3.05, 3.63) is 35.9 Å². The molecule has 0 unspecified atom stereocenters. The van der Waals surface area contributed by atoms with Crippen LogP contribution in [0.5, 0.6) is 0 Å². The summed E-state index contributed by atoms with van der Waals surface area (Å²) >= 11 is 0. The third kappa shape index (κ3) is 7.17. The highest BCUT2D eigenvalue weighted by atomic mass is 32.2. The Bertz CT molecular complexity index is 810. The first-order chi connectivity index (χ1) is 13.8. The van der Waals surface area contributed by atoms with Crippen LogP contribution in [0.1, 0.15) is 33.3 Å². The summed E-state index contributed by atoms with van der Waals surface area (Å²) in [7, 11) is -3.87. The van der Waals surface area contributed by atoms with Crippen molar-refractivity contribution in [2.45, 2.75) is 51.1 Å². The SMILES string of the molecule is C[C@@H]1CN(C(=O)OC(C)(C)C)C[C@H](OCCOS(=O)(=O)Cc2ccccc2)C1(F)F. The zero-order valence-electron chi connectivity index (χ0n) is 17.6. The van der Waals surface area contributed by atoms with Crippen molar-refractivity contribution in [1.29, 1.82) is 0 Å². The molecule has 30 heavy (non-hydrogen) atoms. The minimum Gasteiger partial charge on any atom is -0.444 e. The highest BCUT2D eigenvalue weighted by molar-refractivity contribution is 7.85. The maximum Gasteiger partial charge on any atom is 0.410 e. The second-order valence-corrected chi connectivity index (χ2v) is 9.97. The number of rotatable bonds is 7. The first kappa shape index (κ1) is 24.5. The molecule has 0 spiro atoms. The maximum absolute atomic E-state index is 14.5. The Kier molecular flexibility index (Phi) is 7.81. The molecule has 1 amide bonds. The molecule has 2 rings (SSSR count). The van der Waals surface area contributed by atoms with Crippen molar-refractivity contribution in [1.82, 2.24) is 4.90 Å². The van der Waals surface area contributed by atoms with Gasteiger partial charge in [0.25, 0.3) is 16.0 Å². The molecule has 1 aliphatic rings. The van der Waals surface area contributed by atoms with Crippen molar-refractivity contribution in [2.24, 2.45) is 5.92 Å². The standard InChI is InChI=1S/C20H29F2NO6S/c1-15-12-23(18(24)29-19(2,3)4)13-17(20(15,21)22)27-10-11-28-30(25,26)14-16-8-6-5-7-9-16/h5-9,15,17H,10-14H2,1-4H3/t15-,17+/m1/s1. The van der Waals surface area contributed by atoms with Gasteiger partial charge in [0.1, 0.15) is 17.5 Å². The predicted octanol–water partition coefficient (Wildman–Crippen LogP) is 3.44. The molecule has 7 nitrogen and oxygen atoms in total. The molecule has 0 bridgehead atoms. The fourth-order valence-corrected chi connectivity index (χ4v) is 3.98. The third-order valence-electron chi connectivity index (χ3n) is 4.47. The molecule has 0 saturated carbocycles. The van der Waals surface area contributed by atoms with Crippen molar-refractivity contribution >= 4 is 16.2 Å². The van der Waals surface area contributed by atoms with E-state index in [9.17, 15) is 22.0 Å². The van der Waals surface area contributed by atoms with Crippen LogP contribution in [0, 0.1) is 5.92 Å². The zero-order chi connectivity index (χ0) is 22.6. The Hall–Kier alpha value is -1.78. The smallest absolute Gasteiger partial charge is 0.410 e. The summed E-state index contributed by atoms with van der Waals surface area (Å²) in [6, 6.07) is 8.46. The van der Waals surface area contributed by atoms with Crippen molar-refractivity contribution in [2.75, 3.05) is 26.3 Å². The topological polar surface area (TPSA) is 82.1 Å². The summed E-state index contributed by atoms with van der Waals surface area (Å²) in [5.41, 5.74) is -0.198. The van der Waals surface area contributed by atoms with Gasteiger partial charge in [-0.25, -0.2) is 13.6 Å². The van der Waals surface area contributed by atoms with Crippen LogP contribution in [-0.2, 0) is 29.5 Å². The largest absolute Gasteiger partial charge is 0.444 e. The molecule has 1 saturated heterocycles. The zero-order valence-corrected chi connectivity index (χ0v) is 18.5. The van der Waals surface area contributed by atoms with Crippen LogP contribution in [0.25, 0.3) is 0 Å². The minimum absolute atomic E-state index is 0.163. The summed E-state index contributed by atoms with van der Waals surface area (Å²) in [6.45, 7) is 5.11. The van der Waals surface area contributed by atoms with Gasteiger partial charge in [0, 0.05) is 12.5 Å². The highest BCUT2D eigenvalue weighted by Crippen LogP contribution is 2.35. The van der Waals surface area contributed by atoms with Gasteiger partial charge in [0.05, 0.1) is 19.8 Å². The number of carbonyl (C=O) groups is 1. The summed E-state index contributed by atoms with van der Waals surface area (Å²) in [6.07, 6.45) is -2.28. The number of alkyl halides is 2. The molecular formula is C20H29F2NO6S. The lowest BCUT2D eigenvalue weighted by Gasteiger charge is -2.42. The normalized spacial score (nSPS) is 22.0. The number of piperidine rings is 1. The Morgan fingerprint density at radius 2 is 1.80 bits per heavy atom. The van der Waals surface area contributed by atoms with Crippen LogP contribution in [0.15, 0.2) is 30.3 Å². The van der Waals surface area contributed by atoms with Gasteiger partial charge in [0.15, 0.2) is 0 Å². The molecule has 1 aliphatic heterocycles. The second kappa shape index (κ2) is 9.57. The minimum atomic E-state index is -3.87. The number of halogens is 2. The Labute approximate surface area is 176 Å². The quantitative estimate of drug-likeness (QED) is 0.469. The van der Waals surface area contributed by atoms with E-state index in [0.29, 0.717) is 5.56 Å². The van der Waals surface area contributed by atoms with Crippen molar-refractivity contribution < 1.29 is 35.6 Å². The Morgan fingerprint density at radius 1 is 1.17 bits per heavy atom. The van der Waals surface area contributed by atoms with E-state index in [2.05, 4.69) is 0 Å². The Morgan fingerprint density at radius 3 is 2.40 bits per heavy atom. The van der Waals surface area contributed by atoms with Crippen molar-refractivity contribution in [3.8, 4) is 0 Å². The molecule has 10 heteroatoms. The van der Waals surface area contributed by atoms with Crippen LogP contribution in [-0.4, -0.2) is 63.3 Å². The van der Waals surface area contributed by atoms with E-state index in [-0.39, 0.29) is 25.4 Å². The van der Waals surface area contributed by atoms with Crippen LogP contribution >= 0.6 is 0 Å². The van der Waals surface area contributed by atoms with E-state index in [0.717, 1.165) is 0 Å². The van der Waals surface area contributed by atoms with Gasteiger partial charge < -0.3 is 14.4 Å². The van der Waals surface area contributed by atoms with Crippen LogP contribution in [0.4, 0.5) is 13.6 Å². The van der Waals surface area contributed by atoms with Gasteiger partial charge in [-0.15, -0.1) is 0 Å². The van der Waals surface area contributed by atoms with Crippen LogP contribution in [0.2, 0.25) is 0 Å². The molecule has 1 fully saturated rings. The van der Waals surface area contributed by atoms with E-state index < -0.39 is 46.4 Å². The fraction of sp³-hybridized carbons (Fsp3) is 0.650. The van der Waals surface area contributed by atoms with Crippen LogP contribution < -0.4 is 0 Å². The van der Waals surface area contributed by atoms with E-state index in [1.807, 2.05) is 0 Å². The lowest BCUT2D eigenvalue weighted by molar-refractivity contribution is -0.197. The molecule has 1 aromatic carbocycles. The first-order valence-corrected chi connectivity index (χ1v) is 11.3. The van der Waals surface area contributed by atoms with Gasteiger partial charge in [-0.3, -0.25) is 4.18 Å². The lowest BCUT2D eigenvalue weighted by atomic mass is 9.93. The number of amides is 1. The number of benzene rings is 1. The van der Waals surface area contributed by atoms with E-state index in [1.54, 1.807) is 51.1 Å². The maximum atomic E-state index is 14.5. The van der Waals surface area contributed by atoms with Gasteiger partial charge in [-0.2, -0.15) is 8.42 Å². The van der Waals surface area contributed by atoms with Gasteiger partial charge in [-0.1, -0.05) is 37.3 Å². The molecule has 0 aromatic heterocycles. The number of hydrogen-bond donors (Lipinski definition) is 0. The number of carbonyl (C=O) groups excluding carboxylic acids is 1. The molecule has 0 radical (unpaired) electrons. The molecule has 1 heterocycles. The number of likely N-dealkylation sites (tertiary alicyclic amines) is 1. The molecule has 0 N–H and O–H groups in total. The summed E-state index contributed by atoms with van der Waals surface area (Å²) < 4.78 is 68.4. The summed E-state index contributed by atoms with van der Waals surface area (Å²) in [5.74, 6) is -4.65. The molecule has 0 aliphatic carbocycles. The Balaban J connectivity index is 1.89. The predicted molar refractivity (Wildman–Crippen MR) is 107 cm³/mol. The van der Waals surface area contributed by atoms with Gasteiger partial charge in [-0.05, 0) is 26.3 Å². The second-order valence-electron chi connectivity index (χ2n) is 8.33. The third-order valence-corrected chi connectivity index (χ3v) is 5.68. The monoisotopic (exact) mass is 449 g/mol. The number of hydrogen-bond acceptors (Lipinski definition) is 6. The molecule has 2 atom stereocenters. The number of nitrogens with zero attached hydrogens (tertiary/aromatic N) is 1. The van der Waals surface area contributed by atoms with Crippen molar-refractivity contribution in [3.63, 3.8) is 0 Å². The van der Waals surface area contributed by atoms with E-state index in [1.165, 1.54) is 11.8 Å². The summed E-state index contributed by atoms with van der Waals surface area (Å²) in [4.78, 5) is 13.4.